The third-order valence-electron chi connectivity index (χ3n) is 4.53. The van der Waals surface area contributed by atoms with Gasteiger partial charge in [-0.25, -0.2) is 8.42 Å². The van der Waals surface area contributed by atoms with Crippen LogP contribution in [-0.2, 0) is 19.6 Å². The van der Waals surface area contributed by atoms with Crippen molar-refractivity contribution in [2.45, 2.75) is 26.4 Å². The second-order valence-electron chi connectivity index (χ2n) is 7.21. The molecule has 0 atom stereocenters. The van der Waals surface area contributed by atoms with Gasteiger partial charge in [-0.05, 0) is 31.9 Å². The van der Waals surface area contributed by atoms with Crippen molar-refractivity contribution in [1.82, 2.24) is 9.62 Å². The predicted octanol–water partition coefficient (Wildman–Crippen LogP) is 0.119. The highest BCUT2D eigenvalue weighted by atomic mass is 32.2. The van der Waals surface area contributed by atoms with E-state index in [4.69, 9.17) is 4.74 Å². The molecule has 28 heavy (non-hydrogen) atoms. The Morgan fingerprint density at radius 2 is 1.93 bits per heavy atom. The molecule has 1 aromatic rings. The summed E-state index contributed by atoms with van der Waals surface area (Å²) in [6.45, 7) is 7.68. The Labute approximate surface area is 168 Å². The van der Waals surface area contributed by atoms with E-state index >= 15 is 0 Å². The van der Waals surface area contributed by atoms with Gasteiger partial charge in [0.1, 0.15) is 0 Å². The fraction of sp³-hybridized carbons (Fsp3) is 0.550. The monoisotopic (exact) mass is 410 g/mol. The maximum Gasteiger partial charge on any atom is 0.275 e. The first-order valence-electron chi connectivity index (χ1n) is 9.82. The van der Waals surface area contributed by atoms with Crippen molar-refractivity contribution < 1.29 is 22.8 Å². The van der Waals surface area contributed by atoms with Gasteiger partial charge in [0.15, 0.2) is 6.54 Å². The number of rotatable bonds is 10. The van der Waals surface area contributed by atoms with Gasteiger partial charge in [-0.3, -0.25) is 4.79 Å². The highest BCUT2D eigenvalue weighted by Gasteiger charge is 2.28. The van der Waals surface area contributed by atoms with Crippen molar-refractivity contribution in [1.29, 1.82) is 0 Å². The lowest BCUT2D eigenvalue weighted by Crippen LogP contribution is -3.15. The zero-order chi connectivity index (χ0) is 20.4. The van der Waals surface area contributed by atoms with Crippen molar-refractivity contribution in [3.8, 4) is 0 Å². The van der Waals surface area contributed by atoms with Gasteiger partial charge in [-0.15, -0.1) is 0 Å². The molecule has 8 heteroatoms. The first-order valence-corrected chi connectivity index (χ1v) is 11.3. The van der Waals surface area contributed by atoms with Crippen molar-refractivity contribution in [2.75, 3.05) is 45.9 Å². The summed E-state index contributed by atoms with van der Waals surface area (Å²) < 4.78 is 31.9. The Kier molecular flexibility index (Phi) is 9.11. The normalized spacial score (nSPS) is 16.7. The summed E-state index contributed by atoms with van der Waals surface area (Å²) in [7, 11) is -3.44. The van der Waals surface area contributed by atoms with E-state index in [1.165, 1.54) is 9.71 Å². The van der Waals surface area contributed by atoms with Crippen LogP contribution in [0.25, 0.3) is 6.08 Å². The van der Waals surface area contributed by atoms with E-state index in [2.05, 4.69) is 5.32 Å². The van der Waals surface area contributed by atoms with Crippen molar-refractivity contribution in [3.63, 3.8) is 0 Å². The molecule has 1 fully saturated rings. The molecule has 156 valence electrons. The molecule has 0 bridgehead atoms. The summed E-state index contributed by atoms with van der Waals surface area (Å²) >= 11 is 0. The lowest BCUT2D eigenvalue weighted by Gasteiger charge is -2.30. The fourth-order valence-electron chi connectivity index (χ4n) is 2.96. The van der Waals surface area contributed by atoms with Crippen LogP contribution < -0.4 is 10.2 Å². The average molecular weight is 411 g/mol. The Morgan fingerprint density at radius 3 is 2.57 bits per heavy atom. The number of piperazine rings is 1. The summed E-state index contributed by atoms with van der Waals surface area (Å²) in [5.74, 6) is -0.000160. The topological polar surface area (TPSA) is 80.2 Å². The number of hydrogen-bond donors (Lipinski definition) is 2. The van der Waals surface area contributed by atoms with Crippen LogP contribution in [0.15, 0.2) is 35.7 Å². The quantitative estimate of drug-likeness (QED) is 0.537. The average Bonchev–Trinajstić information content (AvgIpc) is 2.67. The van der Waals surface area contributed by atoms with Gasteiger partial charge in [0.05, 0.1) is 32.3 Å². The molecule has 1 aliphatic rings. The summed E-state index contributed by atoms with van der Waals surface area (Å²) in [5, 5.41) is 4.16. The van der Waals surface area contributed by atoms with Crippen LogP contribution in [0.3, 0.4) is 0 Å². The van der Waals surface area contributed by atoms with Crippen molar-refractivity contribution in [3.05, 3.63) is 41.3 Å². The maximum absolute atomic E-state index is 12.5. The summed E-state index contributed by atoms with van der Waals surface area (Å²) in [4.78, 5) is 13.1. The van der Waals surface area contributed by atoms with E-state index in [1.807, 2.05) is 44.2 Å². The molecule has 0 aliphatic carbocycles. The molecule has 0 spiro atoms. The van der Waals surface area contributed by atoms with E-state index in [0.717, 1.165) is 16.9 Å². The second kappa shape index (κ2) is 11.3. The second-order valence-corrected chi connectivity index (χ2v) is 9.03. The number of carbonyl (C=O) groups excluding carboxylic acids is 1. The summed E-state index contributed by atoms with van der Waals surface area (Å²) in [5.41, 5.74) is 0.853. The highest BCUT2D eigenvalue weighted by molar-refractivity contribution is 7.92. The minimum Gasteiger partial charge on any atom is -0.379 e. The number of hydrogen-bond acceptors (Lipinski definition) is 4. The van der Waals surface area contributed by atoms with Crippen LogP contribution in [0.5, 0.6) is 0 Å². The SMILES string of the molecule is CC(C)OCCCNC(=O)C[NH+]1CCN(S(=O)(=O)/C=C/c2ccccc2)CC1. The Morgan fingerprint density at radius 1 is 1.25 bits per heavy atom. The molecule has 0 radical (unpaired) electrons. The minimum atomic E-state index is -3.44. The summed E-state index contributed by atoms with van der Waals surface area (Å²) in [6.07, 6.45) is 2.61. The van der Waals surface area contributed by atoms with Gasteiger partial charge in [0, 0.05) is 18.6 Å². The molecular formula is C20H32N3O4S+. The lowest BCUT2D eigenvalue weighted by atomic mass is 10.2. The van der Waals surface area contributed by atoms with E-state index < -0.39 is 10.0 Å². The molecule has 0 saturated carbocycles. The number of quaternary nitrogens is 1. The molecule has 2 rings (SSSR count). The standard InChI is InChI=1S/C20H31N3O4S/c1-18(2)27-15-6-10-21-20(24)17-22-11-13-23(14-12-22)28(25,26)16-9-19-7-4-3-5-8-19/h3-5,7-9,16,18H,6,10-15,17H2,1-2H3,(H,21,24)/p+1/b16-9+. The number of amides is 1. The highest BCUT2D eigenvalue weighted by Crippen LogP contribution is 2.08. The minimum absolute atomic E-state index is 0.000160. The maximum atomic E-state index is 12.5. The van der Waals surface area contributed by atoms with E-state index in [1.54, 1.807) is 6.08 Å². The van der Waals surface area contributed by atoms with Gasteiger partial charge < -0.3 is 15.0 Å². The molecule has 0 unspecified atom stereocenters. The van der Waals surface area contributed by atoms with Crippen molar-refractivity contribution in [2.24, 2.45) is 0 Å². The summed E-state index contributed by atoms with van der Waals surface area (Å²) in [6, 6.07) is 9.36. The Hall–Kier alpha value is -1.74. The van der Waals surface area contributed by atoms with Gasteiger partial charge >= 0.3 is 0 Å². The van der Waals surface area contributed by atoms with Crippen molar-refractivity contribution >= 4 is 22.0 Å². The fourth-order valence-corrected chi connectivity index (χ4v) is 4.15. The zero-order valence-electron chi connectivity index (χ0n) is 16.8. The van der Waals surface area contributed by atoms with Crippen LogP contribution in [0, 0.1) is 0 Å². The molecule has 7 nitrogen and oxygen atoms in total. The van der Waals surface area contributed by atoms with Gasteiger partial charge in [-0.2, -0.15) is 4.31 Å². The number of sulfonamides is 1. The van der Waals surface area contributed by atoms with Crippen LogP contribution in [0.4, 0.5) is 0 Å². The van der Waals surface area contributed by atoms with Crippen LogP contribution in [-0.4, -0.2) is 70.6 Å². The van der Waals surface area contributed by atoms with Gasteiger partial charge in [0.25, 0.3) is 5.91 Å². The molecule has 1 amide bonds. The number of nitrogens with one attached hydrogen (secondary N) is 2. The molecule has 1 heterocycles. The Balaban J connectivity index is 1.70. The first-order chi connectivity index (χ1) is 13.4. The molecule has 1 aromatic carbocycles. The van der Waals surface area contributed by atoms with E-state index in [-0.39, 0.29) is 12.0 Å². The Bertz CT molecular complexity index is 727. The molecule has 1 aliphatic heterocycles. The zero-order valence-corrected chi connectivity index (χ0v) is 17.6. The number of ether oxygens (including phenoxy) is 1. The number of carbonyl (C=O) groups is 1. The predicted molar refractivity (Wildman–Crippen MR) is 110 cm³/mol. The smallest absolute Gasteiger partial charge is 0.275 e. The molecule has 1 saturated heterocycles. The molecule has 0 aromatic heterocycles. The van der Waals surface area contributed by atoms with E-state index in [9.17, 15) is 13.2 Å². The molecule has 2 N–H and O–H groups in total. The lowest BCUT2D eigenvalue weighted by molar-refractivity contribution is -0.895. The van der Waals surface area contributed by atoms with Gasteiger partial charge in [-0.1, -0.05) is 30.3 Å². The molecular weight excluding hydrogens is 378 g/mol. The van der Waals surface area contributed by atoms with Gasteiger partial charge in [0.2, 0.25) is 10.0 Å². The van der Waals surface area contributed by atoms with Crippen LogP contribution in [0.1, 0.15) is 25.8 Å². The third kappa shape index (κ3) is 8.10. The van der Waals surface area contributed by atoms with Crippen LogP contribution >= 0.6 is 0 Å². The van der Waals surface area contributed by atoms with E-state index in [0.29, 0.717) is 45.9 Å². The number of benzene rings is 1. The first kappa shape index (κ1) is 22.5. The largest absolute Gasteiger partial charge is 0.379 e. The third-order valence-corrected chi connectivity index (χ3v) is 6.09. The number of nitrogens with zero attached hydrogens (tertiary/aromatic N) is 1. The van der Waals surface area contributed by atoms with Crippen LogP contribution in [0.2, 0.25) is 0 Å².